The second-order valence-electron chi connectivity index (χ2n) is 4.59. The molecule has 0 aliphatic heterocycles. The van der Waals surface area contributed by atoms with Gasteiger partial charge in [-0.05, 0) is 24.6 Å². The van der Waals surface area contributed by atoms with Crippen LogP contribution in [0.5, 0.6) is 0 Å². The van der Waals surface area contributed by atoms with Crippen molar-refractivity contribution in [3.8, 4) is 0 Å². The lowest BCUT2D eigenvalue weighted by Crippen LogP contribution is -2.22. The van der Waals surface area contributed by atoms with Crippen molar-refractivity contribution in [3.63, 3.8) is 0 Å². The van der Waals surface area contributed by atoms with E-state index in [1.807, 2.05) is 0 Å². The van der Waals surface area contributed by atoms with Crippen LogP contribution < -0.4 is 11.1 Å². The Morgan fingerprint density at radius 3 is 2.50 bits per heavy atom. The van der Waals surface area contributed by atoms with E-state index in [1.54, 1.807) is 12.3 Å². The quantitative estimate of drug-likeness (QED) is 0.570. The van der Waals surface area contributed by atoms with Gasteiger partial charge in [0.15, 0.2) is 0 Å². The molecule has 1 aromatic rings. The molecule has 0 radical (unpaired) electrons. The summed E-state index contributed by atoms with van der Waals surface area (Å²) in [6.07, 6.45) is 2.43. The van der Waals surface area contributed by atoms with Gasteiger partial charge in [0.1, 0.15) is 0 Å². The number of anilines is 2. The Balaban J connectivity index is 2.77. The topological polar surface area (TPSA) is 92.5 Å². The normalized spacial score (nSPS) is 13.4. The summed E-state index contributed by atoms with van der Waals surface area (Å²) >= 11 is 0. The first kappa shape index (κ1) is 16.9. The minimum absolute atomic E-state index is 0.167. The van der Waals surface area contributed by atoms with Crippen LogP contribution in [-0.4, -0.2) is 49.6 Å². The first-order valence-corrected chi connectivity index (χ1v) is 9.28. The zero-order valence-corrected chi connectivity index (χ0v) is 13.6. The number of benzene rings is 1. The zero-order chi connectivity index (χ0) is 15.3. The molecule has 0 heterocycles. The van der Waals surface area contributed by atoms with Crippen LogP contribution in [0, 0.1) is 0 Å². The molecule has 1 unspecified atom stereocenters. The molecule has 0 bridgehead atoms. The number of nitrogens with zero attached hydrogens (tertiary/aromatic N) is 1. The number of nitrogen functional groups attached to an aromatic ring is 1. The summed E-state index contributed by atoms with van der Waals surface area (Å²) in [5.74, 6) is 0.625. The monoisotopic (exact) mass is 319 g/mol. The molecule has 0 aromatic heterocycles. The van der Waals surface area contributed by atoms with Gasteiger partial charge >= 0.3 is 0 Å². The molecule has 0 spiro atoms. The molecular formula is C12H21N3O3S2. The van der Waals surface area contributed by atoms with Crippen molar-refractivity contribution in [3.05, 3.63) is 18.2 Å². The lowest BCUT2D eigenvalue weighted by Gasteiger charge is -2.14. The fraction of sp³-hybridized carbons (Fsp3) is 0.500. The van der Waals surface area contributed by atoms with Gasteiger partial charge in [-0.25, -0.2) is 12.7 Å². The smallest absolute Gasteiger partial charge is 0.242 e. The van der Waals surface area contributed by atoms with Crippen molar-refractivity contribution in [2.75, 3.05) is 43.7 Å². The molecule has 0 aliphatic carbocycles. The average Bonchev–Trinajstić information content (AvgIpc) is 2.35. The van der Waals surface area contributed by atoms with Gasteiger partial charge in [0.05, 0.1) is 16.3 Å². The maximum atomic E-state index is 11.9. The summed E-state index contributed by atoms with van der Waals surface area (Å²) in [5, 5.41) is 3.11. The van der Waals surface area contributed by atoms with Gasteiger partial charge in [0, 0.05) is 43.4 Å². The minimum atomic E-state index is -3.47. The number of rotatable bonds is 7. The van der Waals surface area contributed by atoms with E-state index in [-0.39, 0.29) is 4.90 Å². The zero-order valence-electron chi connectivity index (χ0n) is 11.9. The van der Waals surface area contributed by atoms with Crippen LogP contribution in [0.4, 0.5) is 11.4 Å². The van der Waals surface area contributed by atoms with Crippen LogP contribution in [-0.2, 0) is 20.8 Å². The number of nitrogens with one attached hydrogen (secondary N) is 1. The molecular weight excluding hydrogens is 298 g/mol. The number of nitrogens with two attached hydrogens (primary N) is 1. The second-order valence-corrected chi connectivity index (χ2v) is 8.30. The lowest BCUT2D eigenvalue weighted by molar-refractivity contribution is 0.521. The highest BCUT2D eigenvalue weighted by molar-refractivity contribution is 7.89. The third-order valence-corrected chi connectivity index (χ3v) is 5.40. The standard InChI is InChI=1S/C12H21N3O3S2/c1-15(2)20(17,18)10-5-6-12(11(13)9-10)14-7-4-8-19(3)16/h5-6,9,14H,4,7-8,13H2,1-3H3. The molecule has 6 nitrogen and oxygen atoms in total. The lowest BCUT2D eigenvalue weighted by atomic mass is 10.2. The fourth-order valence-electron chi connectivity index (χ4n) is 1.57. The first-order chi connectivity index (χ1) is 9.25. The Kier molecular flexibility index (Phi) is 5.97. The largest absolute Gasteiger partial charge is 0.397 e. The molecule has 1 atom stereocenters. The van der Waals surface area contributed by atoms with Crippen LogP contribution in [0.2, 0.25) is 0 Å². The van der Waals surface area contributed by atoms with E-state index < -0.39 is 20.8 Å². The van der Waals surface area contributed by atoms with Crippen LogP contribution in [0.3, 0.4) is 0 Å². The number of hydrogen-bond acceptors (Lipinski definition) is 5. The molecule has 0 fully saturated rings. The molecule has 0 saturated carbocycles. The Labute approximate surface area is 122 Å². The molecule has 114 valence electrons. The van der Waals surface area contributed by atoms with E-state index in [0.717, 1.165) is 10.7 Å². The van der Waals surface area contributed by atoms with E-state index >= 15 is 0 Å². The van der Waals surface area contributed by atoms with Crippen LogP contribution in [0.25, 0.3) is 0 Å². The Hall–Kier alpha value is -1.12. The molecule has 3 N–H and O–H groups in total. The van der Waals surface area contributed by atoms with Crippen LogP contribution >= 0.6 is 0 Å². The Bertz CT molecular complexity index is 586. The highest BCUT2D eigenvalue weighted by Gasteiger charge is 2.17. The third kappa shape index (κ3) is 4.46. The predicted octanol–water partition coefficient (Wildman–Crippen LogP) is 0.700. The first-order valence-electron chi connectivity index (χ1n) is 6.11. The summed E-state index contributed by atoms with van der Waals surface area (Å²) in [7, 11) is -1.32. The molecule has 8 heteroatoms. The fourth-order valence-corrected chi connectivity index (χ4v) is 3.06. The van der Waals surface area contributed by atoms with Crippen molar-refractivity contribution in [1.29, 1.82) is 0 Å². The van der Waals surface area contributed by atoms with Gasteiger partial charge in [-0.15, -0.1) is 0 Å². The highest BCUT2D eigenvalue weighted by atomic mass is 32.2. The maximum Gasteiger partial charge on any atom is 0.242 e. The molecule has 0 aliphatic rings. The average molecular weight is 319 g/mol. The van der Waals surface area contributed by atoms with Crippen LogP contribution in [0.15, 0.2) is 23.1 Å². The Morgan fingerprint density at radius 1 is 1.35 bits per heavy atom. The van der Waals surface area contributed by atoms with Gasteiger partial charge in [0.25, 0.3) is 0 Å². The van der Waals surface area contributed by atoms with Crippen LogP contribution in [0.1, 0.15) is 6.42 Å². The summed E-state index contributed by atoms with van der Waals surface area (Å²) in [5.41, 5.74) is 6.92. The van der Waals surface area contributed by atoms with Gasteiger partial charge in [-0.1, -0.05) is 0 Å². The van der Waals surface area contributed by atoms with Crippen molar-refractivity contribution in [2.24, 2.45) is 0 Å². The highest BCUT2D eigenvalue weighted by Crippen LogP contribution is 2.23. The van der Waals surface area contributed by atoms with Gasteiger partial charge < -0.3 is 11.1 Å². The summed E-state index contributed by atoms with van der Waals surface area (Å²) in [6.45, 7) is 0.642. The summed E-state index contributed by atoms with van der Waals surface area (Å²) < 4.78 is 36.0. The second kappa shape index (κ2) is 7.05. The van der Waals surface area contributed by atoms with E-state index in [0.29, 0.717) is 23.7 Å². The minimum Gasteiger partial charge on any atom is -0.397 e. The SMILES string of the molecule is CN(C)S(=O)(=O)c1ccc(NCCCS(C)=O)c(N)c1. The van der Waals surface area contributed by atoms with E-state index in [1.165, 1.54) is 26.2 Å². The van der Waals surface area contributed by atoms with E-state index in [2.05, 4.69) is 5.32 Å². The predicted molar refractivity (Wildman–Crippen MR) is 83.8 cm³/mol. The van der Waals surface area contributed by atoms with Gasteiger partial charge in [0.2, 0.25) is 10.0 Å². The van der Waals surface area contributed by atoms with Crippen molar-refractivity contribution in [1.82, 2.24) is 4.31 Å². The van der Waals surface area contributed by atoms with Crippen molar-refractivity contribution < 1.29 is 12.6 Å². The van der Waals surface area contributed by atoms with Crippen molar-refractivity contribution >= 4 is 32.2 Å². The van der Waals surface area contributed by atoms with E-state index in [4.69, 9.17) is 5.73 Å². The number of sulfonamides is 1. The summed E-state index contributed by atoms with van der Waals surface area (Å²) in [6, 6.07) is 4.61. The molecule has 0 saturated heterocycles. The molecule has 20 heavy (non-hydrogen) atoms. The number of hydrogen-bond donors (Lipinski definition) is 2. The third-order valence-electron chi connectivity index (χ3n) is 2.73. The maximum absolute atomic E-state index is 11.9. The van der Waals surface area contributed by atoms with Gasteiger partial charge in [-0.2, -0.15) is 0 Å². The van der Waals surface area contributed by atoms with Gasteiger partial charge in [-0.3, -0.25) is 4.21 Å². The summed E-state index contributed by atoms with van der Waals surface area (Å²) in [4.78, 5) is 0.167. The Morgan fingerprint density at radius 2 is 2.00 bits per heavy atom. The van der Waals surface area contributed by atoms with Crippen molar-refractivity contribution in [2.45, 2.75) is 11.3 Å². The molecule has 1 aromatic carbocycles. The molecule has 1 rings (SSSR count). The van der Waals surface area contributed by atoms with E-state index in [9.17, 15) is 12.6 Å². The molecule has 0 amide bonds.